The molecular weight excluding hydrogens is 259 g/mol. The van der Waals surface area contributed by atoms with Gasteiger partial charge in [0, 0.05) is 29.4 Å². The van der Waals surface area contributed by atoms with Crippen LogP contribution in [-0.4, -0.2) is 35.1 Å². The van der Waals surface area contributed by atoms with Gasteiger partial charge in [0.2, 0.25) is 0 Å². The van der Waals surface area contributed by atoms with Crippen LogP contribution in [-0.2, 0) is 0 Å². The van der Waals surface area contributed by atoms with Crippen molar-refractivity contribution in [2.45, 2.75) is 38.6 Å². The van der Waals surface area contributed by atoms with Crippen molar-refractivity contribution in [3.8, 4) is 0 Å². The molecular formula is C15H21FN2O2. The van der Waals surface area contributed by atoms with Gasteiger partial charge in [0.05, 0.1) is 6.61 Å². The number of rotatable bonds is 4. The minimum absolute atomic E-state index is 0.0912. The Labute approximate surface area is 118 Å². The summed E-state index contributed by atoms with van der Waals surface area (Å²) < 4.78 is 13.7. The van der Waals surface area contributed by atoms with Crippen LogP contribution in [0.2, 0.25) is 0 Å². The number of carbonyl (C=O) groups is 1. The summed E-state index contributed by atoms with van der Waals surface area (Å²) in [6.45, 7) is 1.77. The summed E-state index contributed by atoms with van der Waals surface area (Å²) in [4.78, 5) is 14.2. The van der Waals surface area contributed by atoms with Gasteiger partial charge in [0.1, 0.15) is 5.82 Å². The Morgan fingerprint density at radius 2 is 2.10 bits per heavy atom. The van der Waals surface area contributed by atoms with Gasteiger partial charge in [-0.2, -0.15) is 0 Å². The van der Waals surface area contributed by atoms with Crippen LogP contribution in [0.5, 0.6) is 0 Å². The quantitative estimate of drug-likeness (QED) is 0.830. The number of nitrogens with zero attached hydrogens (tertiary/aromatic N) is 1. The predicted molar refractivity (Wildman–Crippen MR) is 75.9 cm³/mol. The number of hydrogen-bond acceptors (Lipinski definition) is 3. The van der Waals surface area contributed by atoms with Gasteiger partial charge in [0.25, 0.3) is 5.91 Å². The van der Waals surface area contributed by atoms with E-state index in [0.29, 0.717) is 5.56 Å². The van der Waals surface area contributed by atoms with Crippen molar-refractivity contribution in [2.24, 2.45) is 0 Å². The summed E-state index contributed by atoms with van der Waals surface area (Å²) in [6.07, 6.45) is 4.06. The Morgan fingerprint density at radius 1 is 1.45 bits per heavy atom. The van der Waals surface area contributed by atoms with E-state index in [9.17, 15) is 9.18 Å². The number of aliphatic hydroxyl groups is 1. The average molecular weight is 280 g/mol. The number of anilines is 1. The second-order valence-electron chi connectivity index (χ2n) is 5.33. The molecule has 1 aromatic rings. The van der Waals surface area contributed by atoms with Crippen LogP contribution in [0.3, 0.4) is 0 Å². The van der Waals surface area contributed by atoms with Crippen molar-refractivity contribution in [2.75, 3.05) is 18.9 Å². The predicted octanol–water partition coefficient (Wildman–Crippen LogP) is 2.09. The zero-order valence-electron chi connectivity index (χ0n) is 11.7. The van der Waals surface area contributed by atoms with Crippen LogP contribution in [0.25, 0.3) is 0 Å². The van der Waals surface area contributed by atoms with E-state index in [1.807, 2.05) is 0 Å². The summed E-state index contributed by atoms with van der Waals surface area (Å²) in [5, 5.41) is 9.15. The van der Waals surface area contributed by atoms with Crippen LogP contribution in [0, 0.1) is 12.7 Å². The van der Waals surface area contributed by atoms with Gasteiger partial charge in [-0.15, -0.1) is 0 Å². The Morgan fingerprint density at radius 3 is 2.65 bits per heavy atom. The van der Waals surface area contributed by atoms with Crippen LogP contribution in [0.15, 0.2) is 12.1 Å². The molecule has 0 aliphatic heterocycles. The molecule has 1 saturated carbocycles. The summed E-state index contributed by atoms with van der Waals surface area (Å²) in [5.41, 5.74) is 6.62. The zero-order chi connectivity index (χ0) is 14.7. The van der Waals surface area contributed by atoms with Crippen molar-refractivity contribution in [3.05, 3.63) is 29.1 Å². The zero-order valence-corrected chi connectivity index (χ0v) is 11.7. The molecule has 0 aromatic heterocycles. The molecule has 0 radical (unpaired) electrons. The van der Waals surface area contributed by atoms with E-state index in [2.05, 4.69) is 0 Å². The third-order valence-electron chi connectivity index (χ3n) is 4.00. The molecule has 0 saturated heterocycles. The molecule has 1 amide bonds. The number of aliphatic hydroxyl groups excluding tert-OH is 1. The van der Waals surface area contributed by atoms with Crippen molar-refractivity contribution < 1.29 is 14.3 Å². The van der Waals surface area contributed by atoms with Crippen LogP contribution in [0.1, 0.15) is 41.6 Å². The first kappa shape index (κ1) is 14.8. The molecule has 0 spiro atoms. The fourth-order valence-electron chi connectivity index (χ4n) is 2.76. The lowest BCUT2D eigenvalue weighted by Crippen LogP contribution is -2.40. The standard InChI is InChI=1S/C15H21FN2O2/c1-10-13(16)8-11(9-14(10)17)15(20)18(6-7-19)12-4-2-3-5-12/h8-9,12,19H,2-7,17H2,1H3. The molecule has 1 aromatic carbocycles. The van der Waals surface area contributed by atoms with E-state index in [-0.39, 0.29) is 36.4 Å². The highest BCUT2D eigenvalue weighted by Gasteiger charge is 2.27. The lowest BCUT2D eigenvalue weighted by atomic mass is 10.1. The number of amides is 1. The smallest absolute Gasteiger partial charge is 0.254 e. The third kappa shape index (κ3) is 2.93. The van der Waals surface area contributed by atoms with Gasteiger partial charge in [-0.05, 0) is 31.9 Å². The van der Waals surface area contributed by atoms with Crippen LogP contribution in [0.4, 0.5) is 10.1 Å². The highest BCUT2D eigenvalue weighted by molar-refractivity contribution is 5.95. The molecule has 1 aliphatic carbocycles. The maximum atomic E-state index is 13.7. The van der Waals surface area contributed by atoms with Gasteiger partial charge in [-0.25, -0.2) is 4.39 Å². The number of carbonyl (C=O) groups excluding carboxylic acids is 1. The fraction of sp³-hybridized carbons (Fsp3) is 0.533. The minimum atomic E-state index is -0.469. The summed E-state index contributed by atoms with van der Waals surface area (Å²) in [5.74, 6) is -0.722. The number of benzene rings is 1. The first-order valence-electron chi connectivity index (χ1n) is 7.02. The van der Waals surface area contributed by atoms with Crippen LogP contribution < -0.4 is 5.73 Å². The maximum absolute atomic E-state index is 13.7. The van der Waals surface area contributed by atoms with Crippen molar-refractivity contribution in [1.82, 2.24) is 4.90 Å². The lowest BCUT2D eigenvalue weighted by Gasteiger charge is -2.28. The molecule has 0 unspecified atom stereocenters. The fourth-order valence-corrected chi connectivity index (χ4v) is 2.76. The molecule has 1 fully saturated rings. The van der Waals surface area contributed by atoms with Crippen LogP contribution >= 0.6 is 0 Å². The van der Waals surface area contributed by atoms with Gasteiger partial charge in [0.15, 0.2) is 0 Å². The molecule has 1 aliphatic rings. The first-order valence-corrected chi connectivity index (χ1v) is 7.02. The Balaban J connectivity index is 2.27. The summed E-state index contributed by atoms with van der Waals surface area (Å²) >= 11 is 0. The van der Waals surface area contributed by atoms with Gasteiger partial charge in [-0.1, -0.05) is 12.8 Å². The Hall–Kier alpha value is -1.62. The Bertz CT molecular complexity index is 476. The van der Waals surface area contributed by atoms with Gasteiger partial charge >= 0.3 is 0 Å². The van der Waals surface area contributed by atoms with Gasteiger partial charge < -0.3 is 15.7 Å². The lowest BCUT2D eigenvalue weighted by molar-refractivity contribution is 0.0637. The van der Waals surface area contributed by atoms with E-state index in [1.54, 1.807) is 11.8 Å². The molecule has 0 bridgehead atoms. The highest BCUT2D eigenvalue weighted by Crippen LogP contribution is 2.26. The van der Waals surface area contributed by atoms with E-state index >= 15 is 0 Å². The Kier molecular flexibility index (Phi) is 4.60. The first-order chi connectivity index (χ1) is 9.54. The minimum Gasteiger partial charge on any atom is -0.398 e. The molecule has 110 valence electrons. The maximum Gasteiger partial charge on any atom is 0.254 e. The van der Waals surface area contributed by atoms with E-state index < -0.39 is 5.82 Å². The van der Waals surface area contributed by atoms with Crippen molar-refractivity contribution >= 4 is 11.6 Å². The molecule has 0 heterocycles. The van der Waals surface area contributed by atoms with E-state index in [0.717, 1.165) is 25.7 Å². The molecule has 4 nitrogen and oxygen atoms in total. The number of nitrogen functional groups attached to an aromatic ring is 1. The number of halogens is 1. The van der Waals surface area contributed by atoms with E-state index in [1.165, 1.54) is 12.1 Å². The number of nitrogens with two attached hydrogens (primary N) is 1. The summed E-state index contributed by atoms with van der Waals surface area (Å²) in [7, 11) is 0. The average Bonchev–Trinajstić information content (AvgIpc) is 2.94. The second-order valence-corrected chi connectivity index (χ2v) is 5.33. The SMILES string of the molecule is Cc1c(N)cc(C(=O)N(CCO)C2CCCC2)cc1F. The van der Waals surface area contributed by atoms with E-state index in [4.69, 9.17) is 10.8 Å². The molecule has 2 rings (SSSR count). The molecule has 3 N–H and O–H groups in total. The second kappa shape index (κ2) is 6.22. The largest absolute Gasteiger partial charge is 0.398 e. The monoisotopic (exact) mass is 280 g/mol. The van der Waals surface area contributed by atoms with Gasteiger partial charge in [-0.3, -0.25) is 4.79 Å². The summed E-state index contributed by atoms with van der Waals surface area (Å²) in [6, 6.07) is 2.88. The molecule has 20 heavy (non-hydrogen) atoms. The topological polar surface area (TPSA) is 66.6 Å². The third-order valence-corrected chi connectivity index (χ3v) is 4.00. The van der Waals surface area contributed by atoms with Crippen molar-refractivity contribution in [3.63, 3.8) is 0 Å². The molecule has 5 heteroatoms. The number of hydrogen-bond donors (Lipinski definition) is 2. The highest BCUT2D eigenvalue weighted by atomic mass is 19.1. The van der Waals surface area contributed by atoms with Crippen molar-refractivity contribution in [1.29, 1.82) is 0 Å². The normalized spacial score (nSPS) is 15.6. The molecule has 0 atom stereocenters.